The first-order chi connectivity index (χ1) is 9.58. The monoisotopic (exact) mass is 348 g/mol. The molecule has 0 saturated carbocycles. The Morgan fingerprint density at radius 2 is 1.60 bits per heavy atom. The third-order valence-electron chi connectivity index (χ3n) is 3.12. The number of nitrogens with zero attached hydrogens (tertiary/aromatic N) is 1. The van der Waals surface area contributed by atoms with Crippen LogP contribution in [-0.4, -0.2) is 16.9 Å². The lowest BCUT2D eigenvalue weighted by atomic mass is 10.1. The van der Waals surface area contributed by atoms with Crippen molar-refractivity contribution in [2.24, 2.45) is 5.73 Å². The Morgan fingerprint density at radius 3 is 2.25 bits per heavy atom. The summed E-state index contributed by atoms with van der Waals surface area (Å²) in [4.78, 5) is 2.70. The lowest BCUT2D eigenvalue weighted by Gasteiger charge is -2.19. The van der Waals surface area contributed by atoms with Gasteiger partial charge in [0, 0.05) is 23.1 Å². The van der Waals surface area contributed by atoms with Crippen LogP contribution in [0.5, 0.6) is 0 Å². The highest BCUT2D eigenvalue weighted by Crippen LogP contribution is 2.19. The first kappa shape index (κ1) is 15.2. The maximum absolute atomic E-state index is 5.77. The van der Waals surface area contributed by atoms with Crippen LogP contribution in [0.15, 0.2) is 53.0 Å². The van der Waals surface area contributed by atoms with E-state index in [1.54, 1.807) is 0 Å². The van der Waals surface area contributed by atoms with Crippen molar-refractivity contribution in [2.45, 2.75) is 13.1 Å². The van der Waals surface area contributed by atoms with Crippen molar-refractivity contribution < 1.29 is 0 Å². The first-order valence-electron chi connectivity index (χ1n) is 6.37. The normalized spacial score (nSPS) is 10.8. The molecular weight excluding hydrogens is 332 g/mol. The Hall–Kier alpha value is -1.23. The number of hydrogen-bond donors (Lipinski definition) is 1. The quantitative estimate of drug-likeness (QED) is 0.835. The third-order valence-corrected chi connectivity index (χ3v) is 4.11. The minimum absolute atomic E-state index is 0.454. The van der Waals surface area contributed by atoms with E-state index in [0.29, 0.717) is 4.99 Å². The zero-order chi connectivity index (χ0) is 14.5. The zero-order valence-electron chi connectivity index (χ0n) is 11.3. The van der Waals surface area contributed by atoms with Crippen molar-refractivity contribution in [2.75, 3.05) is 7.05 Å². The number of nitrogens with two attached hydrogens (primary N) is 1. The van der Waals surface area contributed by atoms with Crippen LogP contribution in [-0.2, 0) is 13.1 Å². The predicted octanol–water partition coefficient (Wildman–Crippen LogP) is 3.72. The Kier molecular flexibility index (Phi) is 5.29. The summed E-state index contributed by atoms with van der Waals surface area (Å²) >= 11 is 8.69. The SMILES string of the molecule is CN(Cc1ccccc1Br)Cc1ccccc1C(N)=S. The van der Waals surface area contributed by atoms with Gasteiger partial charge in [0.2, 0.25) is 0 Å². The molecule has 0 atom stereocenters. The summed E-state index contributed by atoms with van der Waals surface area (Å²) in [5.74, 6) is 0. The highest BCUT2D eigenvalue weighted by Gasteiger charge is 2.08. The number of halogens is 1. The van der Waals surface area contributed by atoms with Gasteiger partial charge in [-0.2, -0.15) is 0 Å². The van der Waals surface area contributed by atoms with Crippen LogP contribution in [0, 0.1) is 0 Å². The molecule has 0 aliphatic carbocycles. The standard InChI is InChI=1S/C16H17BrN2S/c1-19(11-13-7-3-5-9-15(13)17)10-12-6-2-4-8-14(12)16(18)20/h2-9H,10-11H2,1H3,(H2,18,20). The second kappa shape index (κ2) is 6.97. The third kappa shape index (κ3) is 3.88. The van der Waals surface area contributed by atoms with E-state index in [1.807, 2.05) is 24.3 Å². The molecule has 0 aliphatic heterocycles. The molecule has 0 radical (unpaired) electrons. The molecule has 0 heterocycles. The highest BCUT2D eigenvalue weighted by molar-refractivity contribution is 9.10. The molecule has 20 heavy (non-hydrogen) atoms. The summed E-state index contributed by atoms with van der Waals surface area (Å²) in [6, 6.07) is 16.3. The van der Waals surface area contributed by atoms with Gasteiger partial charge in [0.25, 0.3) is 0 Å². The Labute approximate surface area is 133 Å². The number of benzene rings is 2. The van der Waals surface area contributed by atoms with Crippen molar-refractivity contribution in [1.82, 2.24) is 4.90 Å². The fraction of sp³-hybridized carbons (Fsp3) is 0.188. The lowest BCUT2D eigenvalue weighted by Crippen LogP contribution is -2.20. The van der Waals surface area contributed by atoms with Crippen LogP contribution in [0.4, 0.5) is 0 Å². The van der Waals surface area contributed by atoms with Gasteiger partial charge in [0.15, 0.2) is 0 Å². The summed E-state index contributed by atoms with van der Waals surface area (Å²) in [6.45, 7) is 1.68. The molecule has 2 N–H and O–H groups in total. The molecule has 0 aliphatic rings. The molecule has 104 valence electrons. The van der Waals surface area contributed by atoms with Crippen LogP contribution in [0.2, 0.25) is 0 Å². The molecule has 4 heteroatoms. The Balaban J connectivity index is 2.11. The van der Waals surface area contributed by atoms with Gasteiger partial charge < -0.3 is 5.73 Å². The fourth-order valence-corrected chi connectivity index (χ4v) is 2.77. The second-order valence-electron chi connectivity index (χ2n) is 4.79. The average Bonchev–Trinajstić information content (AvgIpc) is 2.41. The van der Waals surface area contributed by atoms with Gasteiger partial charge in [-0.05, 0) is 24.2 Å². The van der Waals surface area contributed by atoms with Gasteiger partial charge in [0.05, 0.1) is 0 Å². The van der Waals surface area contributed by atoms with E-state index in [4.69, 9.17) is 18.0 Å². The molecular formula is C16H17BrN2S. The second-order valence-corrected chi connectivity index (χ2v) is 6.08. The lowest BCUT2D eigenvalue weighted by molar-refractivity contribution is 0.318. The highest BCUT2D eigenvalue weighted by atomic mass is 79.9. The van der Waals surface area contributed by atoms with Crippen LogP contribution >= 0.6 is 28.1 Å². The van der Waals surface area contributed by atoms with Crippen molar-refractivity contribution in [3.63, 3.8) is 0 Å². The molecule has 0 fully saturated rings. The van der Waals surface area contributed by atoms with Gasteiger partial charge >= 0.3 is 0 Å². The smallest absolute Gasteiger partial charge is 0.104 e. The first-order valence-corrected chi connectivity index (χ1v) is 7.57. The van der Waals surface area contributed by atoms with E-state index in [2.05, 4.69) is 52.1 Å². The van der Waals surface area contributed by atoms with E-state index in [0.717, 1.165) is 28.7 Å². The molecule has 0 amide bonds. The maximum Gasteiger partial charge on any atom is 0.104 e. The molecule has 2 nitrogen and oxygen atoms in total. The summed E-state index contributed by atoms with van der Waals surface area (Å²) in [6.07, 6.45) is 0. The molecule has 2 rings (SSSR count). The summed E-state index contributed by atoms with van der Waals surface area (Å²) < 4.78 is 1.13. The van der Waals surface area contributed by atoms with Gasteiger partial charge in [-0.1, -0.05) is 70.6 Å². The molecule has 0 unspecified atom stereocenters. The van der Waals surface area contributed by atoms with Crippen molar-refractivity contribution >= 4 is 33.1 Å². The summed E-state index contributed by atoms with van der Waals surface area (Å²) in [5, 5.41) is 0. The molecule has 2 aromatic rings. The topological polar surface area (TPSA) is 29.3 Å². The van der Waals surface area contributed by atoms with Crippen molar-refractivity contribution in [1.29, 1.82) is 0 Å². The molecule has 0 saturated heterocycles. The number of thiocarbonyl (C=S) groups is 1. The van der Waals surface area contributed by atoms with Gasteiger partial charge in [-0.15, -0.1) is 0 Å². The van der Waals surface area contributed by atoms with E-state index in [1.165, 1.54) is 5.56 Å². The van der Waals surface area contributed by atoms with Crippen LogP contribution < -0.4 is 5.73 Å². The summed E-state index contributed by atoms with van der Waals surface area (Å²) in [5.41, 5.74) is 9.16. The average molecular weight is 349 g/mol. The van der Waals surface area contributed by atoms with Gasteiger partial charge in [0.1, 0.15) is 4.99 Å². The number of hydrogen-bond acceptors (Lipinski definition) is 2. The van der Waals surface area contributed by atoms with Gasteiger partial charge in [-0.25, -0.2) is 0 Å². The zero-order valence-corrected chi connectivity index (χ0v) is 13.7. The van der Waals surface area contributed by atoms with E-state index in [-0.39, 0.29) is 0 Å². The Morgan fingerprint density at radius 1 is 1.05 bits per heavy atom. The van der Waals surface area contributed by atoms with Crippen LogP contribution in [0.1, 0.15) is 16.7 Å². The maximum atomic E-state index is 5.77. The van der Waals surface area contributed by atoms with Crippen molar-refractivity contribution in [3.8, 4) is 0 Å². The largest absolute Gasteiger partial charge is 0.389 e. The predicted molar refractivity (Wildman–Crippen MR) is 91.6 cm³/mol. The summed E-state index contributed by atoms with van der Waals surface area (Å²) in [7, 11) is 2.09. The fourth-order valence-electron chi connectivity index (χ4n) is 2.16. The minimum atomic E-state index is 0.454. The van der Waals surface area contributed by atoms with E-state index in [9.17, 15) is 0 Å². The van der Waals surface area contributed by atoms with Crippen LogP contribution in [0.25, 0.3) is 0 Å². The Bertz CT molecular complexity index is 613. The van der Waals surface area contributed by atoms with E-state index < -0.39 is 0 Å². The molecule has 0 aromatic heterocycles. The molecule has 0 bridgehead atoms. The van der Waals surface area contributed by atoms with E-state index >= 15 is 0 Å². The van der Waals surface area contributed by atoms with Gasteiger partial charge in [-0.3, -0.25) is 4.90 Å². The minimum Gasteiger partial charge on any atom is -0.389 e. The van der Waals surface area contributed by atoms with Crippen LogP contribution in [0.3, 0.4) is 0 Å². The van der Waals surface area contributed by atoms with Crippen molar-refractivity contribution in [3.05, 3.63) is 69.7 Å². The number of rotatable bonds is 5. The molecule has 0 spiro atoms. The molecule has 2 aromatic carbocycles.